The molecule has 1 N–H and O–H groups in total. The third kappa shape index (κ3) is 3.96. The molecule has 2 fully saturated rings. The second-order valence-corrected chi connectivity index (χ2v) is 6.54. The van der Waals surface area contributed by atoms with E-state index in [1.165, 1.54) is 71.1 Å². The van der Waals surface area contributed by atoms with Crippen molar-refractivity contribution in [3.05, 3.63) is 0 Å². The van der Waals surface area contributed by atoms with E-state index in [9.17, 15) is 0 Å². The maximum Gasteiger partial charge on any atom is 0.0121 e. The molecule has 106 valence electrons. The molecule has 0 aromatic heterocycles. The lowest BCUT2D eigenvalue weighted by Gasteiger charge is -2.31. The number of hydrogen-bond acceptors (Lipinski definition) is 2. The maximum absolute atomic E-state index is 3.60. The highest BCUT2D eigenvalue weighted by Crippen LogP contribution is 2.30. The normalized spacial score (nSPS) is 34.7. The lowest BCUT2D eigenvalue weighted by atomic mass is 9.95. The van der Waals surface area contributed by atoms with Gasteiger partial charge in [-0.2, -0.15) is 0 Å². The molecule has 0 bridgehead atoms. The average molecular weight is 252 g/mol. The summed E-state index contributed by atoms with van der Waals surface area (Å²) >= 11 is 0. The standard InChI is InChI=1S/C16H32N2/c1-3-10-17-12-15-9-11-18(13-15)16-8-6-4-5-7-14(16)2/h14-17H,3-13H2,1-2H3. The average Bonchev–Trinajstić information content (AvgIpc) is 2.72. The van der Waals surface area contributed by atoms with Gasteiger partial charge in [-0.1, -0.05) is 33.1 Å². The molecule has 0 aromatic rings. The lowest BCUT2D eigenvalue weighted by molar-refractivity contribution is 0.167. The molecule has 0 spiro atoms. The highest BCUT2D eigenvalue weighted by Gasteiger charge is 2.31. The van der Waals surface area contributed by atoms with Crippen LogP contribution in [0.2, 0.25) is 0 Å². The Balaban J connectivity index is 1.76. The van der Waals surface area contributed by atoms with Gasteiger partial charge in [-0.15, -0.1) is 0 Å². The fraction of sp³-hybridized carbons (Fsp3) is 1.00. The molecule has 3 atom stereocenters. The van der Waals surface area contributed by atoms with Crippen LogP contribution >= 0.6 is 0 Å². The van der Waals surface area contributed by atoms with Crippen molar-refractivity contribution in [2.45, 2.75) is 64.8 Å². The van der Waals surface area contributed by atoms with E-state index in [4.69, 9.17) is 0 Å². The van der Waals surface area contributed by atoms with E-state index in [-0.39, 0.29) is 0 Å². The zero-order valence-electron chi connectivity index (χ0n) is 12.5. The smallest absolute Gasteiger partial charge is 0.0121 e. The SMILES string of the molecule is CCCNCC1CCN(C2CCCCCC2C)C1. The van der Waals surface area contributed by atoms with Crippen molar-refractivity contribution in [3.8, 4) is 0 Å². The molecule has 2 heteroatoms. The molecule has 0 amide bonds. The van der Waals surface area contributed by atoms with E-state index in [0.717, 1.165) is 17.9 Å². The topological polar surface area (TPSA) is 15.3 Å². The van der Waals surface area contributed by atoms with Crippen LogP contribution in [0.4, 0.5) is 0 Å². The van der Waals surface area contributed by atoms with Gasteiger partial charge < -0.3 is 5.32 Å². The van der Waals surface area contributed by atoms with Gasteiger partial charge in [-0.3, -0.25) is 4.90 Å². The van der Waals surface area contributed by atoms with Gasteiger partial charge in [0.05, 0.1) is 0 Å². The number of nitrogens with one attached hydrogen (secondary N) is 1. The first-order chi connectivity index (χ1) is 8.81. The van der Waals surface area contributed by atoms with Gasteiger partial charge in [0.2, 0.25) is 0 Å². The Bertz CT molecular complexity index is 229. The Hall–Kier alpha value is -0.0800. The van der Waals surface area contributed by atoms with Gasteiger partial charge in [0.1, 0.15) is 0 Å². The Kier molecular flexibility index (Phi) is 5.97. The fourth-order valence-corrected chi connectivity index (χ4v) is 3.83. The first-order valence-electron chi connectivity index (χ1n) is 8.26. The molecule has 1 aliphatic heterocycles. The molecule has 1 heterocycles. The Labute approximate surface area is 114 Å². The summed E-state index contributed by atoms with van der Waals surface area (Å²) in [4.78, 5) is 2.81. The fourth-order valence-electron chi connectivity index (χ4n) is 3.83. The molecule has 1 aliphatic carbocycles. The molecule has 2 aliphatic rings. The zero-order chi connectivity index (χ0) is 12.8. The van der Waals surface area contributed by atoms with Crippen LogP contribution in [0.5, 0.6) is 0 Å². The summed E-state index contributed by atoms with van der Waals surface area (Å²) in [6, 6.07) is 0.892. The van der Waals surface area contributed by atoms with Crippen molar-refractivity contribution in [1.29, 1.82) is 0 Å². The largest absolute Gasteiger partial charge is 0.316 e. The van der Waals surface area contributed by atoms with Crippen LogP contribution in [-0.2, 0) is 0 Å². The molecule has 2 rings (SSSR count). The van der Waals surface area contributed by atoms with Crippen molar-refractivity contribution < 1.29 is 0 Å². The summed E-state index contributed by atoms with van der Waals surface area (Å²) < 4.78 is 0. The molecule has 1 saturated heterocycles. The molecule has 18 heavy (non-hydrogen) atoms. The van der Waals surface area contributed by atoms with E-state index in [1.54, 1.807) is 0 Å². The number of hydrogen-bond donors (Lipinski definition) is 1. The summed E-state index contributed by atoms with van der Waals surface area (Å²) in [7, 11) is 0. The first-order valence-corrected chi connectivity index (χ1v) is 8.26. The van der Waals surface area contributed by atoms with Crippen LogP contribution in [0.25, 0.3) is 0 Å². The molecule has 3 unspecified atom stereocenters. The van der Waals surface area contributed by atoms with Crippen molar-refractivity contribution in [3.63, 3.8) is 0 Å². The predicted octanol–water partition coefficient (Wildman–Crippen LogP) is 3.28. The van der Waals surface area contributed by atoms with Gasteiger partial charge in [0.15, 0.2) is 0 Å². The number of nitrogens with zero attached hydrogens (tertiary/aromatic N) is 1. The van der Waals surface area contributed by atoms with Gasteiger partial charge in [-0.05, 0) is 57.2 Å². The summed E-state index contributed by atoms with van der Waals surface area (Å²) in [6.07, 6.45) is 9.99. The minimum Gasteiger partial charge on any atom is -0.316 e. The maximum atomic E-state index is 3.60. The summed E-state index contributed by atoms with van der Waals surface area (Å²) in [5.41, 5.74) is 0. The quantitative estimate of drug-likeness (QED) is 0.597. The van der Waals surface area contributed by atoms with E-state index in [1.807, 2.05) is 0 Å². The van der Waals surface area contributed by atoms with E-state index >= 15 is 0 Å². The van der Waals surface area contributed by atoms with Crippen LogP contribution in [0.1, 0.15) is 58.8 Å². The molecule has 2 nitrogen and oxygen atoms in total. The molecular weight excluding hydrogens is 220 g/mol. The Morgan fingerprint density at radius 2 is 1.94 bits per heavy atom. The number of likely N-dealkylation sites (tertiary alicyclic amines) is 1. The van der Waals surface area contributed by atoms with Crippen LogP contribution < -0.4 is 5.32 Å². The predicted molar refractivity (Wildman–Crippen MR) is 78.9 cm³/mol. The number of rotatable bonds is 5. The molecule has 0 aromatic carbocycles. The van der Waals surface area contributed by atoms with Crippen LogP contribution in [0.15, 0.2) is 0 Å². The second-order valence-electron chi connectivity index (χ2n) is 6.54. The summed E-state index contributed by atoms with van der Waals surface area (Å²) in [5.74, 6) is 1.84. The zero-order valence-corrected chi connectivity index (χ0v) is 12.5. The van der Waals surface area contributed by atoms with E-state index in [0.29, 0.717) is 0 Å². The van der Waals surface area contributed by atoms with E-state index < -0.39 is 0 Å². The van der Waals surface area contributed by atoms with Crippen LogP contribution in [0.3, 0.4) is 0 Å². The van der Waals surface area contributed by atoms with Crippen molar-refractivity contribution in [1.82, 2.24) is 10.2 Å². The van der Waals surface area contributed by atoms with E-state index in [2.05, 4.69) is 24.1 Å². The Morgan fingerprint density at radius 1 is 1.11 bits per heavy atom. The van der Waals surface area contributed by atoms with Gasteiger partial charge >= 0.3 is 0 Å². The summed E-state index contributed by atoms with van der Waals surface area (Å²) in [5, 5.41) is 3.60. The molecular formula is C16H32N2. The molecule has 1 saturated carbocycles. The van der Waals surface area contributed by atoms with Crippen LogP contribution in [0, 0.1) is 11.8 Å². The third-order valence-electron chi connectivity index (χ3n) is 4.96. The minimum absolute atomic E-state index is 0.892. The monoisotopic (exact) mass is 252 g/mol. The second kappa shape index (κ2) is 7.49. The van der Waals surface area contributed by atoms with Crippen molar-refractivity contribution >= 4 is 0 Å². The van der Waals surface area contributed by atoms with Crippen LogP contribution in [-0.4, -0.2) is 37.1 Å². The van der Waals surface area contributed by atoms with Gasteiger partial charge in [0, 0.05) is 12.6 Å². The lowest BCUT2D eigenvalue weighted by Crippen LogP contribution is -2.38. The minimum atomic E-state index is 0.892. The first kappa shape index (κ1) is 14.3. The Morgan fingerprint density at radius 3 is 2.78 bits per heavy atom. The highest BCUT2D eigenvalue weighted by atomic mass is 15.2. The highest BCUT2D eigenvalue weighted by molar-refractivity contribution is 4.86. The van der Waals surface area contributed by atoms with Crippen molar-refractivity contribution in [2.24, 2.45) is 11.8 Å². The summed E-state index contributed by atoms with van der Waals surface area (Å²) in [6.45, 7) is 9.88. The van der Waals surface area contributed by atoms with Gasteiger partial charge in [0.25, 0.3) is 0 Å². The van der Waals surface area contributed by atoms with Crippen molar-refractivity contribution in [2.75, 3.05) is 26.2 Å². The third-order valence-corrected chi connectivity index (χ3v) is 4.96. The molecule has 0 radical (unpaired) electrons. The van der Waals surface area contributed by atoms with Gasteiger partial charge in [-0.25, -0.2) is 0 Å².